The van der Waals surface area contributed by atoms with E-state index in [0.717, 1.165) is 24.2 Å². The van der Waals surface area contributed by atoms with Crippen LogP contribution in [0.5, 0.6) is 0 Å². The maximum atomic E-state index is 12.0. The van der Waals surface area contributed by atoms with Gasteiger partial charge in [0.25, 0.3) is 0 Å². The van der Waals surface area contributed by atoms with Crippen LogP contribution in [0.4, 0.5) is 5.69 Å². The van der Waals surface area contributed by atoms with Crippen molar-refractivity contribution in [2.75, 3.05) is 24.6 Å². The summed E-state index contributed by atoms with van der Waals surface area (Å²) < 4.78 is 0. The fourth-order valence-corrected chi connectivity index (χ4v) is 2.46. The molecule has 2 rings (SSSR count). The van der Waals surface area contributed by atoms with Gasteiger partial charge in [0, 0.05) is 25.4 Å². The molecule has 1 aliphatic rings. The molecule has 0 radical (unpaired) electrons. The normalized spacial score (nSPS) is 20.4. The number of aliphatic hydroxyl groups excluding tert-OH is 1. The predicted octanol–water partition coefficient (Wildman–Crippen LogP) is 1.07. The number of benzene rings is 1. The molecule has 1 fully saturated rings. The fourth-order valence-electron chi connectivity index (χ4n) is 2.46. The molecule has 0 bridgehead atoms. The van der Waals surface area contributed by atoms with Gasteiger partial charge in [-0.2, -0.15) is 0 Å². The maximum Gasteiger partial charge on any atom is 0.242 e. The van der Waals surface area contributed by atoms with Crippen LogP contribution in [0.3, 0.4) is 0 Å². The van der Waals surface area contributed by atoms with Crippen LogP contribution in [0.15, 0.2) is 24.3 Å². The number of amides is 1. The fraction of sp³-hybridized carbons (Fsp3) is 0.500. The van der Waals surface area contributed by atoms with Crippen LogP contribution in [0.2, 0.25) is 0 Å². The zero-order chi connectivity index (χ0) is 13.0. The summed E-state index contributed by atoms with van der Waals surface area (Å²) in [5.41, 5.74) is 2.25. The molecule has 1 aromatic rings. The smallest absolute Gasteiger partial charge is 0.242 e. The first kappa shape index (κ1) is 12.9. The summed E-state index contributed by atoms with van der Waals surface area (Å²) in [6.07, 6.45) is 1.40. The number of hydrogen-bond donors (Lipinski definition) is 2. The van der Waals surface area contributed by atoms with Crippen LogP contribution >= 0.6 is 0 Å². The molecule has 1 aromatic carbocycles. The number of anilines is 1. The second-order valence-corrected chi connectivity index (χ2v) is 4.65. The van der Waals surface area contributed by atoms with Crippen LogP contribution in [0.25, 0.3) is 0 Å². The van der Waals surface area contributed by atoms with E-state index in [1.54, 1.807) is 0 Å². The van der Waals surface area contributed by atoms with Crippen molar-refractivity contribution in [3.63, 3.8) is 0 Å². The topological polar surface area (TPSA) is 52.6 Å². The first-order chi connectivity index (χ1) is 8.74. The van der Waals surface area contributed by atoms with Gasteiger partial charge in [0.05, 0.1) is 0 Å². The Morgan fingerprint density at radius 1 is 1.44 bits per heavy atom. The minimum absolute atomic E-state index is 0.0183. The number of nitrogens with zero attached hydrogens (tertiary/aromatic N) is 1. The molecule has 1 heterocycles. The third-order valence-electron chi connectivity index (χ3n) is 3.38. The Morgan fingerprint density at radius 2 is 2.22 bits per heavy atom. The van der Waals surface area contributed by atoms with Gasteiger partial charge in [0.15, 0.2) is 0 Å². The summed E-state index contributed by atoms with van der Waals surface area (Å²) in [5, 5.41) is 12.1. The molecule has 18 heavy (non-hydrogen) atoms. The van der Waals surface area contributed by atoms with E-state index in [1.165, 1.54) is 0 Å². The highest BCUT2D eigenvalue weighted by Gasteiger charge is 2.28. The number of aryl methyl sites for hydroxylation is 1. The molecule has 0 spiro atoms. The number of carbonyl (C=O) groups excluding carboxylic acids is 1. The second kappa shape index (κ2) is 5.87. The molecule has 4 heteroatoms. The van der Waals surface area contributed by atoms with Crippen molar-refractivity contribution in [1.29, 1.82) is 0 Å². The van der Waals surface area contributed by atoms with E-state index < -0.39 is 0 Å². The number of carbonyl (C=O) groups is 1. The van der Waals surface area contributed by atoms with Gasteiger partial charge in [0.1, 0.15) is 6.04 Å². The van der Waals surface area contributed by atoms with Crippen LogP contribution in [-0.4, -0.2) is 36.8 Å². The van der Waals surface area contributed by atoms with E-state index in [4.69, 9.17) is 5.11 Å². The molecule has 1 saturated heterocycles. The molecule has 98 valence electrons. The molecule has 4 nitrogen and oxygen atoms in total. The van der Waals surface area contributed by atoms with Gasteiger partial charge in [-0.1, -0.05) is 18.2 Å². The number of aliphatic hydroxyl groups is 1. The monoisotopic (exact) mass is 248 g/mol. The minimum Gasteiger partial charge on any atom is -0.396 e. The first-order valence-electron chi connectivity index (χ1n) is 6.45. The third kappa shape index (κ3) is 2.64. The van der Waals surface area contributed by atoms with Gasteiger partial charge in [-0.3, -0.25) is 4.79 Å². The largest absolute Gasteiger partial charge is 0.396 e. The van der Waals surface area contributed by atoms with Crippen LogP contribution in [-0.2, 0) is 4.79 Å². The first-order valence-corrected chi connectivity index (χ1v) is 6.45. The molecule has 2 N–H and O–H groups in total. The van der Waals surface area contributed by atoms with Gasteiger partial charge in [-0.05, 0) is 31.4 Å². The van der Waals surface area contributed by atoms with E-state index in [2.05, 4.69) is 10.2 Å². The molecule has 0 aromatic heterocycles. The lowest BCUT2D eigenvalue weighted by Crippen LogP contribution is -2.45. The molecule has 1 aliphatic heterocycles. The molecule has 1 unspecified atom stereocenters. The van der Waals surface area contributed by atoms with Gasteiger partial charge in [-0.15, -0.1) is 0 Å². The van der Waals surface area contributed by atoms with E-state index in [1.807, 2.05) is 31.2 Å². The van der Waals surface area contributed by atoms with Crippen LogP contribution in [0, 0.1) is 6.92 Å². The standard InChI is InChI=1S/C14H20N2O2/c1-11-5-2-3-6-12(11)16-9-4-8-15-14(18)13(16)7-10-17/h2-3,5-6,13,17H,4,7-10H2,1H3,(H,15,18). The highest BCUT2D eigenvalue weighted by atomic mass is 16.3. The summed E-state index contributed by atoms with van der Waals surface area (Å²) in [6, 6.07) is 7.81. The molecule has 1 atom stereocenters. The zero-order valence-corrected chi connectivity index (χ0v) is 10.7. The van der Waals surface area contributed by atoms with E-state index in [9.17, 15) is 4.79 Å². The van der Waals surface area contributed by atoms with Crippen molar-refractivity contribution in [2.45, 2.75) is 25.8 Å². The average Bonchev–Trinajstić information content (AvgIpc) is 2.54. The second-order valence-electron chi connectivity index (χ2n) is 4.65. The quantitative estimate of drug-likeness (QED) is 0.841. The Kier molecular flexibility index (Phi) is 4.20. The molecule has 0 saturated carbocycles. The van der Waals surface area contributed by atoms with E-state index >= 15 is 0 Å². The zero-order valence-electron chi connectivity index (χ0n) is 10.7. The Hall–Kier alpha value is -1.55. The average molecular weight is 248 g/mol. The summed E-state index contributed by atoms with van der Waals surface area (Å²) in [7, 11) is 0. The van der Waals surface area contributed by atoms with Crippen LogP contribution in [0.1, 0.15) is 18.4 Å². The van der Waals surface area contributed by atoms with Crippen LogP contribution < -0.4 is 10.2 Å². The Labute approximate surface area is 108 Å². The van der Waals surface area contributed by atoms with E-state index in [-0.39, 0.29) is 18.6 Å². The van der Waals surface area contributed by atoms with Gasteiger partial charge < -0.3 is 15.3 Å². The highest BCUT2D eigenvalue weighted by molar-refractivity contribution is 5.86. The van der Waals surface area contributed by atoms with Crippen molar-refractivity contribution in [1.82, 2.24) is 5.32 Å². The lowest BCUT2D eigenvalue weighted by molar-refractivity contribution is -0.122. The summed E-state index contributed by atoms with van der Waals surface area (Å²) >= 11 is 0. The third-order valence-corrected chi connectivity index (χ3v) is 3.38. The predicted molar refractivity (Wildman–Crippen MR) is 71.6 cm³/mol. The SMILES string of the molecule is Cc1ccccc1N1CCCNC(=O)C1CCO. The van der Waals surface area contributed by atoms with Gasteiger partial charge in [-0.25, -0.2) is 0 Å². The Morgan fingerprint density at radius 3 is 2.94 bits per heavy atom. The molecular formula is C14H20N2O2. The Balaban J connectivity index is 2.32. The molecule has 0 aliphatic carbocycles. The van der Waals surface area contributed by atoms with Crippen molar-refractivity contribution in [3.05, 3.63) is 29.8 Å². The van der Waals surface area contributed by atoms with Crippen molar-refractivity contribution in [3.8, 4) is 0 Å². The number of nitrogens with one attached hydrogen (secondary N) is 1. The van der Waals surface area contributed by atoms with Crippen molar-refractivity contribution >= 4 is 11.6 Å². The molecular weight excluding hydrogens is 228 g/mol. The van der Waals surface area contributed by atoms with Crippen molar-refractivity contribution < 1.29 is 9.90 Å². The van der Waals surface area contributed by atoms with E-state index in [0.29, 0.717) is 13.0 Å². The maximum absolute atomic E-state index is 12.0. The Bertz CT molecular complexity index is 420. The number of rotatable bonds is 3. The summed E-state index contributed by atoms with van der Waals surface area (Å²) in [5.74, 6) is 0.0183. The number of para-hydroxylation sites is 1. The van der Waals surface area contributed by atoms with Crippen molar-refractivity contribution in [2.24, 2.45) is 0 Å². The number of hydrogen-bond acceptors (Lipinski definition) is 3. The van der Waals surface area contributed by atoms with Gasteiger partial charge in [0.2, 0.25) is 5.91 Å². The highest BCUT2D eigenvalue weighted by Crippen LogP contribution is 2.24. The lowest BCUT2D eigenvalue weighted by Gasteiger charge is -2.31. The minimum atomic E-state index is -0.265. The lowest BCUT2D eigenvalue weighted by atomic mass is 10.1. The summed E-state index contributed by atoms with van der Waals surface area (Å²) in [4.78, 5) is 14.2. The van der Waals surface area contributed by atoms with Gasteiger partial charge >= 0.3 is 0 Å². The molecule has 1 amide bonds. The summed E-state index contributed by atoms with van der Waals surface area (Å²) in [6.45, 7) is 3.63.